The van der Waals surface area contributed by atoms with Crippen LogP contribution in [0.5, 0.6) is 11.5 Å². The fourth-order valence-corrected chi connectivity index (χ4v) is 2.64. The molecule has 0 atom stereocenters. The molecule has 0 N–H and O–H groups in total. The van der Waals surface area contributed by atoms with Crippen LogP contribution in [-0.2, 0) is 0 Å². The Balaban J connectivity index is 2.26. The highest BCUT2D eigenvalue weighted by Crippen LogP contribution is 2.25. The van der Waals surface area contributed by atoms with Crippen molar-refractivity contribution >= 4 is 28.6 Å². The van der Waals surface area contributed by atoms with Crippen molar-refractivity contribution in [3.63, 3.8) is 0 Å². The molecule has 2 aromatic rings. The lowest BCUT2D eigenvalue weighted by atomic mass is 10.1. The summed E-state index contributed by atoms with van der Waals surface area (Å²) in [4.78, 5) is 12.2. The lowest BCUT2D eigenvalue weighted by Gasteiger charge is -2.11. The molecular formula is C16H15IO3. The lowest BCUT2D eigenvalue weighted by Crippen LogP contribution is -2.10. The van der Waals surface area contributed by atoms with Gasteiger partial charge in [-0.05, 0) is 65.8 Å². The molecule has 0 bridgehead atoms. The third-order valence-electron chi connectivity index (χ3n) is 2.99. The topological polar surface area (TPSA) is 35.5 Å². The molecule has 20 heavy (non-hydrogen) atoms. The van der Waals surface area contributed by atoms with E-state index in [0.29, 0.717) is 11.3 Å². The summed E-state index contributed by atoms with van der Waals surface area (Å²) in [5.74, 6) is 1.01. The van der Waals surface area contributed by atoms with Crippen LogP contribution in [0.2, 0.25) is 0 Å². The van der Waals surface area contributed by atoms with Gasteiger partial charge in [0.05, 0.1) is 16.2 Å². The highest BCUT2D eigenvalue weighted by atomic mass is 127. The molecule has 2 aromatic carbocycles. The Bertz CT molecular complexity index is 630. The van der Waals surface area contributed by atoms with Crippen LogP contribution in [0.1, 0.15) is 21.5 Å². The highest BCUT2D eigenvalue weighted by Gasteiger charge is 2.13. The monoisotopic (exact) mass is 382 g/mol. The second kappa shape index (κ2) is 6.26. The summed E-state index contributed by atoms with van der Waals surface area (Å²) in [5, 5.41) is 0. The van der Waals surface area contributed by atoms with Gasteiger partial charge in [0.25, 0.3) is 0 Å². The van der Waals surface area contributed by atoms with Crippen LogP contribution >= 0.6 is 22.6 Å². The molecule has 0 unspecified atom stereocenters. The van der Waals surface area contributed by atoms with E-state index in [9.17, 15) is 4.79 Å². The average Bonchev–Trinajstić information content (AvgIpc) is 2.42. The molecule has 0 aromatic heterocycles. The quantitative estimate of drug-likeness (QED) is 0.455. The highest BCUT2D eigenvalue weighted by molar-refractivity contribution is 14.1. The largest absolute Gasteiger partial charge is 0.496 e. The number of para-hydroxylation sites is 1. The summed E-state index contributed by atoms with van der Waals surface area (Å²) in [6.07, 6.45) is 0. The number of ether oxygens (including phenoxy) is 2. The minimum Gasteiger partial charge on any atom is -0.496 e. The van der Waals surface area contributed by atoms with Crippen molar-refractivity contribution in [2.45, 2.75) is 13.8 Å². The number of benzene rings is 2. The van der Waals surface area contributed by atoms with Gasteiger partial charge in [-0.25, -0.2) is 4.79 Å². The summed E-state index contributed by atoms with van der Waals surface area (Å²) < 4.78 is 11.6. The Hall–Kier alpha value is -1.56. The van der Waals surface area contributed by atoms with Crippen molar-refractivity contribution in [2.75, 3.05) is 7.11 Å². The molecule has 2 rings (SSSR count). The maximum Gasteiger partial charge on any atom is 0.343 e. The SMILES string of the molecule is COc1ccc(C(=O)Oc2c(C)cccc2C)cc1I. The van der Waals surface area contributed by atoms with Gasteiger partial charge in [0.15, 0.2) is 0 Å². The average molecular weight is 382 g/mol. The number of aryl methyl sites for hydroxylation is 2. The molecular weight excluding hydrogens is 367 g/mol. The predicted octanol–water partition coefficient (Wildman–Crippen LogP) is 4.14. The first-order valence-electron chi connectivity index (χ1n) is 6.15. The van der Waals surface area contributed by atoms with E-state index >= 15 is 0 Å². The van der Waals surface area contributed by atoms with Gasteiger partial charge in [-0.2, -0.15) is 0 Å². The Labute approximate surface area is 132 Å². The number of esters is 1. The molecule has 0 radical (unpaired) electrons. The van der Waals surface area contributed by atoms with Gasteiger partial charge in [-0.15, -0.1) is 0 Å². The van der Waals surface area contributed by atoms with Crippen molar-refractivity contribution in [2.24, 2.45) is 0 Å². The third kappa shape index (κ3) is 3.12. The fourth-order valence-electron chi connectivity index (χ4n) is 1.91. The van der Waals surface area contributed by atoms with E-state index in [1.165, 1.54) is 0 Å². The van der Waals surface area contributed by atoms with Crippen LogP contribution in [0.15, 0.2) is 36.4 Å². The summed E-state index contributed by atoms with van der Waals surface area (Å²) in [6, 6.07) is 11.0. The van der Waals surface area contributed by atoms with Crippen molar-refractivity contribution in [3.8, 4) is 11.5 Å². The van der Waals surface area contributed by atoms with E-state index < -0.39 is 0 Å². The first-order chi connectivity index (χ1) is 9.52. The predicted molar refractivity (Wildman–Crippen MR) is 86.6 cm³/mol. The van der Waals surface area contributed by atoms with Crippen LogP contribution in [0.4, 0.5) is 0 Å². The van der Waals surface area contributed by atoms with Crippen molar-refractivity contribution in [1.82, 2.24) is 0 Å². The van der Waals surface area contributed by atoms with Gasteiger partial charge in [0.1, 0.15) is 11.5 Å². The molecule has 0 amide bonds. The minimum absolute atomic E-state index is 0.358. The van der Waals surface area contributed by atoms with Crippen LogP contribution < -0.4 is 9.47 Å². The Morgan fingerprint density at radius 2 is 1.75 bits per heavy atom. The van der Waals surface area contributed by atoms with Gasteiger partial charge in [-0.1, -0.05) is 18.2 Å². The number of carbonyl (C=O) groups excluding carboxylic acids is 1. The standard InChI is InChI=1S/C16H15IO3/c1-10-5-4-6-11(2)15(10)20-16(18)12-7-8-14(19-3)13(17)9-12/h4-9H,1-3H3. The minimum atomic E-state index is -0.358. The van der Waals surface area contributed by atoms with Gasteiger partial charge in [-0.3, -0.25) is 0 Å². The molecule has 0 aliphatic rings. The second-order valence-electron chi connectivity index (χ2n) is 4.46. The number of rotatable bonds is 3. The van der Waals surface area contributed by atoms with E-state index in [4.69, 9.17) is 9.47 Å². The third-order valence-corrected chi connectivity index (χ3v) is 3.83. The molecule has 0 aliphatic heterocycles. The molecule has 104 valence electrons. The smallest absolute Gasteiger partial charge is 0.343 e. The van der Waals surface area contributed by atoms with Gasteiger partial charge in [0, 0.05) is 0 Å². The molecule has 0 saturated carbocycles. The summed E-state index contributed by atoms with van der Waals surface area (Å²) in [6.45, 7) is 3.85. The summed E-state index contributed by atoms with van der Waals surface area (Å²) >= 11 is 2.13. The molecule has 0 aliphatic carbocycles. The molecule has 3 nitrogen and oxygen atoms in total. The molecule has 0 fully saturated rings. The summed E-state index contributed by atoms with van der Waals surface area (Å²) in [5.41, 5.74) is 2.40. The van der Waals surface area contributed by atoms with Crippen LogP contribution in [0.25, 0.3) is 0 Å². The van der Waals surface area contributed by atoms with E-state index in [1.54, 1.807) is 25.3 Å². The molecule has 0 saturated heterocycles. The number of carbonyl (C=O) groups is 1. The maximum atomic E-state index is 12.2. The van der Waals surface area contributed by atoms with E-state index in [-0.39, 0.29) is 5.97 Å². The molecule has 4 heteroatoms. The van der Waals surface area contributed by atoms with Gasteiger partial charge in [0.2, 0.25) is 0 Å². The zero-order valence-corrected chi connectivity index (χ0v) is 13.7. The Kier molecular flexibility index (Phi) is 4.65. The first-order valence-corrected chi connectivity index (χ1v) is 7.22. The van der Waals surface area contributed by atoms with E-state index in [0.717, 1.165) is 20.4 Å². The molecule has 0 spiro atoms. The van der Waals surface area contributed by atoms with Crippen LogP contribution in [0, 0.1) is 17.4 Å². The van der Waals surface area contributed by atoms with E-state index in [1.807, 2.05) is 32.0 Å². The number of hydrogen-bond acceptors (Lipinski definition) is 3. The van der Waals surface area contributed by atoms with Crippen molar-refractivity contribution in [1.29, 1.82) is 0 Å². The van der Waals surface area contributed by atoms with Gasteiger partial charge < -0.3 is 9.47 Å². The zero-order chi connectivity index (χ0) is 14.7. The van der Waals surface area contributed by atoms with Crippen molar-refractivity contribution < 1.29 is 14.3 Å². The number of methoxy groups -OCH3 is 1. The zero-order valence-electron chi connectivity index (χ0n) is 11.6. The Morgan fingerprint density at radius 1 is 1.10 bits per heavy atom. The fraction of sp³-hybridized carbons (Fsp3) is 0.188. The van der Waals surface area contributed by atoms with Crippen LogP contribution in [-0.4, -0.2) is 13.1 Å². The number of halogens is 1. The second-order valence-corrected chi connectivity index (χ2v) is 5.62. The maximum absolute atomic E-state index is 12.2. The lowest BCUT2D eigenvalue weighted by molar-refractivity contribution is 0.0732. The van der Waals surface area contributed by atoms with Crippen molar-refractivity contribution in [3.05, 3.63) is 56.7 Å². The van der Waals surface area contributed by atoms with Crippen LogP contribution in [0.3, 0.4) is 0 Å². The Morgan fingerprint density at radius 3 is 2.30 bits per heavy atom. The summed E-state index contributed by atoms with van der Waals surface area (Å²) in [7, 11) is 1.60. The van der Waals surface area contributed by atoms with E-state index in [2.05, 4.69) is 22.6 Å². The molecule has 0 heterocycles. The normalized spacial score (nSPS) is 10.2. The van der Waals surface area contributed by atoms with Gasteiger partial charge >= 0.3 is 5.97 Å². The first kappa shape index (κ1) is 14.8. The number of hydrogen-bond donors (Lipinski definition) is 0.